The van der Waals surface area contributed by atoms with Crippen LogP contribution in [0.4, 0.5) is 38.0 Å². The molecule has 166 valence electrons. The summed E-state index contributed by atoms with van der Waals surface area (Å²) in [5.41, 5.74) is 5.61. The average Bonchev–Trinajstić information content (AvgIpc) is 2.69. The highest BCUT2D eigenvalue weighted by atomic mass is 19.4. The maximum atomic E-state index is 12.5. The van der Waals surface area contributed by atoms with Crippen molar-refractivity contribution in [2.24, 2.45) is 10.9 Å². The number of halogens is 6. The summed E-state index contributed by atoms with van der Waals surface area (Å²) < 4.78 is 79.0. The minimum Gasteiger partial charge on any atom is -0.378 e. The van der Waals surface area contributed by atoms with Crippen LogP contribution < -0.4 is 15.7 Å². The molecule has 1 aliphatic heterocycles. The number of carbonyl (C=O) groups excluding carboxylic acids is 2. The second kappa shape index (κ2) is 8.97. The fraction of sp³-hybridized carbons (Fsp3) is 0.462. The van der Waals surface area contributed by atoms with Crippen molar-refractivity contribution < 1.29 is 50.3 Å². The molecule has 11 nitrogen and oxygen atoms in total. The molecule has 0 bridgehead atoms. The van der Waals surface area contributed by atoms with Gasteiger partial charge in [0.25, 0.3) is 11.9 Å². The molecule has 2 N–H and O–H groups in total. The van der Waals surface area contributed by atoms with Crippen LogP contribution in [0.1, 0.15) is 0 Å². The van der Waals surface area contributed by atoms with E-state index in [4.69, 9.17) is 10.5 Å². The smallest absolute Gasteiger partial charge is 0.378 e. The zero-order chi connectivity index (χ0) is 22.5. The Balaban J connectivity index is 2.26. The first-order valence-electron chi connectivity index (χ1n) is 7.75. The number of oxime groups is 1. The van der Waals surface area contributed by atoms with Crippen molar-refractivity contribution >= 4 is 29.5 Å². The van der Waals surface area contributed by atoms with E-state index in [1.165, 1.54) is 0 Å². The Labute approximate surface area is 162 Å². The van der Waals surface area contributed by atoms with Crippen LogP contribution >= 0.6 is 0 Å². The molecule has 0 atom stereocenters. The second-order valence-corrected chi connectivity index (χ2v) is 5.34. The van der Waals surface area contributed by atoms with Crippen LogP contribution in [0, 0.1) is 0 Å². The molecule has 1 aliphatic rings. The number of aromatic nitrogens is 2. The maximum Gasteiger partial charge on any atom is 0.493 e. The largest absolute Gasteiger partial charge is 0.493 e. The minimum atomic E-state index is -5.51. The molecule has 0 saturated carbocycles. The van der Waals surface area contributed by atoms with Gasteiger partial charge < -0.3 is 25.0 Å². The number of hydroxylamine groups is 1. The highest BCUT2D eigenvalue weighted by Crippen LogP contribution is 2.21. The summed E-state index contributed by atoms with van der Waals surface area (Å²) in [4.78, 5) is 38.2. The summed E-state index contributed by atoms with van der Waals surface area (Å²) >= 11 is 0. The van der Waals surface area contributed by atoms with E-state index in [0.717, 1.165) is 12.4 Å². The van der Waals surface area contributed by atoms with Crippen LogP contribution in [-0.4, -0.2) is 66.5 Å². The molecular formula is C13H12F6N6O5. The summed E-state index contributed by atoms with van der Waals surface area (Å²) in [5, 5.41) is 2.27. The Morgan fingerprint density at radius 3 is 2.10 bits per heavy atom. The van der Waals surface area contributed by atoms with Gasteiger partial charge in [-0.2, -0.15) is 26.3 Å². The first-order valence-corrected chi connectivity index (χ1v) is 7.75. The summed E-state index contributed by atoms with van der Waals surface area (Å²) in [6, 6.07) is 0. The zero-order valence-corrected chi connectivity index (χ0v) is 14.6. The van der Waals surface area contributed by atoms with E-state index in [0.29, 0.717) is 32.0 Å². The molecule has 0 unspecified atom stereocenters. The van der Waals surface area contributed by atoms with Crippen LogP contribution in [-0.2, 0) is 24.0 Å². The standard InChI is InChI=1S/C13H12F6N6O5/c14-12(15,16)8(26)29-23-10(20)25(30-9(27)13(17,18)19)11-21-5-7(6-22-11)24-1-3-28-4-2-24/h5-6H,1-4H2,(H2,20,23). The van der Waals surface area contributed by atoms with Crippen molar-refractivity contribution in [1.29, 1.82) is 0 Å². The Bertz CT molecular complexity index is 793. The van der Waals surface area contributed by atoms with Gasteiger partial charge in [0.2, 0.25) is 0 Å². The number of morpholine rings is 1. The van der Waals surface area contributed by atoms with Gasteiger partial charge in [-0.25, -0.2) is 19.6 Å². The van der Waals surface area contributed by atoms with Crippen LogP contribution in [0.3, 0.4) is 0 Å². The lowest BCUT2D eigenvalue weighted by Gasteiger charge is -2.28. The SMILES string of the molecule is N/C(=N\OC(=O)C(F)(F)F)N(OC(=O)C(F)(F)F)c1ncc(N2CCOCC2)cn1. The summed E-state index contributed by atoms with van der Waals surface area (Å²) in [6.07, 6.45) is -8.73. The van der Waals surface area contributed by atoms with Gasteiger partial charge in [-0.3, -0.25) is 0 Å². The number of alkyl halides is 6. The maximum absolute atomic E-state index is 12.5. The van der Waals surface area contributed by atoms with Crippen LogP contribution in [0.2, 0.25) is 0 Å². The molecule has 1 saturated heterocycles. The Morgan fingerprint density at radius 2 is 1.60 bits per heavy atom. The number of guanidine groups is 1. The molecule has 2 rings (SSSR count). The molecular weight excluding hydrogens is 434 g/mol. The van der Waals surface area contributed by atoms with E-state index in [2.05, 4.69) is 24.8 Å². The molecule has 0 amide bonds. The van der Waals surface area contributed by atoms with Gasteiger partial charge in [0, 0.05) is 13.1 Å². The van der Waals surface area contributed by atoms with Crippen molar-refractivity contribution in [3.8, 4) is 0 Å². The van der Waals surface area contributed by atoms with E-state index in [9.17, 15) is 35.9 Å². The van der Waals surface area contributed by atoms with E-state index in [1.54, 1.807) is 4.90 Å². The number of carbonyl (C=O) groups is 2. The van der Waals surface area contributed by atoms with Crippen LogP contribution in [0.5, 0.6) is 0 Å². The number of ether oxygens (including phenoxy) is 1. The molecule has 0 aromatic carbocycles. The number of hydrogen-bond acceptors (Lipinski definition) is 9. The topological polar surface area (TPSA) is 132 Å². The number of nitrogens with zero attached hydrogens (tertiary/aromatic N) is 5. The van der Waals surface area contributed by atoms with Gasteiger partial charge in [-0.05, 0) is 5.16 Å². The summed E-state index contributed by atoms with van der Waals surface area (Å²) in [6.45, 7) is 1.74. The van der Waals surface area contributed by atoms with Crippen LogP contribution in [0.25, 0.3) is 0 Å². The zero-order valence-electron chi connectivity index (χ0n) is 14.6. The van der Waals surface area contributed by atoms with Crippen molar-refractivity contribution in [1.82, 2.24) is 9.97 Å². The third-order valence-corrected chi connectivity index (χ3v) is 3.25. The second-order valence-electron chi connectivity index (χ2n) is 5.34. The van der Waals surface area contributed by atoms with Crippen molar-refractivity contribution in [2.45, 2.75) is 12.4 Å². The van der Waals surface area contributed by atoms with Gasteiger partial charge >= 0.3 is 24.3 Å². The predicted octanol–water partition coefficient (Wildman–Crippen LogP) is 0.475. The third-order valence-electron chi connectivity index (χ3n) is 3.25. The molecule has 0 radical (unpaired) electrons. The molecule has 0 spiro atoms. The normalized spacial score (nSPS) is 15.5. The number of nitrogens with two attached hydrogens (primary N) is 1. The molecule has 0 aliphatic carbocycles. The van der Waals surface area contributed by atoms with Crippen molar-refractivity contribution in [3.63, 3.8) is 0 Å². The fourth-order valence-electron chi connectivity index (χ4n) is 1.91. The van der Waals surface area contributed by atoms with Crippen molar-refractivity contribution in [3.05, 3.63) is 12.4 Å². The molecule has 1 aromatic rings. The summed E-state index contributed by atoms with van der Waals surface area (Å²) in [5.74, 6) is -7.85. The third kappa shape index (κ3) is 6.06. The molecule has 17 heteroatoms. The lowest BCUT2D eigenvalue weighted by Crippen LogP contribution is -2.44. The fourth-order valence-corrected chi connectivity index (χ4v) is 1.91. The monoisotopic (exact) mass is 446 g/mol. The first kappa shape index (κ1) is 22.9. The van der Waals surface area contributed by atoms with E-state index in [1.807, 2.05) is 0 Å². The van der Waals surface area contributed by atoms with Crippen LogP contribution in [0.15, 0.2) is 17.5 Å². The van der Waals surface area contributed by atoms with Gasteiger partial charge in [0.15, 0.2) is 0 Å². The average molecular weight is 446 g/mol. The number of anilines is 2. The lowest BCUT2D eigenvalue weighted by atomic mass is 10.4. The molecule has 1 fully saturated rings. The Kier molecular flexibility index (Phi) is 6.85. The van der Waals surface area contributed by atoms with E-state index >= 15 is 0 Å². The highest BCUT2D eigenvalue weighted by molar-refractivity contribution is 5.94. The van der Waals surface area contributed by atoms with E-state index < -0.39 is 36.2 Å². The van der Waals surface area contributed by atoms with Gasteiger partial charge in [0.05, 0.1) is 31.3 Å². The number of rotatable bonds is 3. The van der Waals surface area contributed by atoms with E-state index in [-0.39, 0.29) is 5.06 Å². The first-order chi connectivity index (χ1) is 13.9. The van der Waals surface area contributed by atoms with Gasteiger partial charge in [0.1, 0.15) is 0 Å². The molecule has 1 aromatic heterocycles. The summed E-state index contributed by atoms with van der Waals surface area (Å²) in [7, 11) is 0. The quantitative estimate of drug-likeness (QED) is 0.230. The van der Waals surface area contributed by atoms with Gasteiger partial charge in [-0.1, -0.05) is 5.06 Å². The Morgan fingerprint density at radius 1 is 1.07 bits per heavy atom. The van der Waals surface area contributed by atoms with Crippen molar-refractivity contribution in [2.75, 3.05) is 36.3 Å². The number of hydrogen-bond donors (Lipinski definition) is 1. The molecule has 30 heavy (non-hydrogen) atoms. The highest BCUT2D eigenvalue weighted by Gasteiger charge is 2.44. The Hall–Kier alpha value is -3.37. The molecule has 2 heterocycles. The van der Waals surface area contributed by atoms with Gasteiger partial charge in [-0.15, -0.1) is 0 Å². The minimum absolute atomic E-state index is 0.247. The lowest BCUT2D eigenvalue weighted by molar-refractivity contribution is -0.201. The predicted molar refractivity (Wildman–Crippen MR) is 83.5 cm³/mol.